The van der Waals surface area contributed by atoms with Gasteiger partial charge in [0.05, 0.1) is 10.7 Å². The van der Waals surface area contributed by atoms with E-state index in [4.69, 9.17) is 11.6 Å². The van der Waals surface area contributed by atoms with Gasteiger partial charge < -0.3 is 4.98 Å². The topological polar surface area (TPSA) is 79.0 Å². The summed E-state index contributed by atoms with van der Waals surface area (Å²) in [7, 11) is -3.79. The highest BCUT2D eigenvalue weighted by molar-refractivity contribution is 9.10. The summed E-state index contributed by atoms with van der Waals surface area (Å²) in [5.41, 5.74) is -0.114. The lowest BCUT2D eigenvalue weighted by Crippen LogP contribution is -2.15. The maximum absolute atomic E-state index is 12.0. The summed E-state index contributed by atoms with van der Waals surface area (Å²) >= 11 is 9.16. The number of aromatic nitrogens is 1. The van der Waals surface area contributed by atoms with Crippen molar-refractivity contribution in [2.45, 2.75) is 4.90 Å². The van der Waals surface area contributed by atoms with Gasteiger partial charge in [-0.2, -0.15) is 0 Å². The molecule has 1 heterocycles. The van der Waals surface area contributed by atoms with E-state index in [-0.39, 0.29) is 21.2 Å². The first-order valence-electron chi connectivity index (χ1n) is 5.05. The molecule has 0 spiro atoms. The minimum atomic E-state index is -3.79. The fourth-order valence-electron chi connectivity index (χ4n) is 1.34. The van der Waals surface area contributed by atoms with Crippen molar-refractivity contribution in [3.05, 3.63) is 56.4 Å². The molecule has 0 aliphatic rings. The van der Waals surface area contributed by atoms with E-state index in [0.29, 0.717) is 0 Å². The quantitative estimate of drug-likeness (QED) is 0.880. The number of hydrogen-bond acceptors (Lipinski definition) is 3. The number of halogens is 2. The van der Waals surface area contributed by atoms with Gasteiger partial charge in [-0.3, -0.25) is 9.52 Å². The molecular formula is C11H8BrClN2O3S. The highest BCUT2D eigenvalue weighted by Crippen LogP contribution is 2.27. The Balaban J connectivity index is 2.36. The van der Waals surface area contributed by atoms with Crippen LogP contribution in [0.3, 0.4) is 0 Å². The van der Waals surface area contributed by atoms with Gasteiger partial charge in [-0.1, -0.05) is 27.5 Å². The summed E-state index contributed by atoms with van der Waals surface area (Å²) in [6.45, 7) is 0. The molecule has 0 aliphatic carbocycles. The predicted octanol–water partition coefficient (Wildman–Crippen LogP) is 2.59. The van der Waals surface area contributed by atoms with Crippen LogP contribution in [0.15, 0.2) is 50.7 Å². The van der Waals surface area contributed by atoms with Gasteiger partial charge in [-0.25, -0.2) is 8.42 Å². The van der Waals surface area contributed by atoms with Crippen LogP contribution in [0.5, 0.6) is 0 Å². The van der Waals surface area contributed by atoms with Crippen LogP contribution in [0.4, 0.5) is 5.69 Å². The Hall–Kier alpha value is -1.31. The minimum Gasteiger partial charge on any atom is -0.328 e. The van der Waals surface area contributed by atoms with E-state index in [1.54, 1.807) is 12.1 Å². The summed E-state index contributed by atoms with van der Waals surface area (Å²) in [6.07, 6.45) is 1.12. The zero-order valence-corrected chi connectivity index (χ0v) is 12.5. The van der Waals surface area contributed by atoms with Crippen LogP contribution < -0.4 is 10.3 Å². The molecule has 2 N–H and O–H groups in total. The van der Waals surface area contributed by atoms with Crippen LogP contribution in [-0.2, 0) is 10.0 Å². The Morgan fingerprint density at radius 1 is 1.21 bits per heavy atom. The Morgan fingerprint density at radius 3 is 2.53 bits per heavy atom. The minimum absolute atomic E-state index is 0.0499. The molecule has 100 valence electrons. The first kappa shape index (κ1) is 14.1. The molecule has 2 aromatic rings. The van der Waals surface area contributed by atoms with E-state index < -0.39 is 10.0 Å². The molecule has 0 radical (unpaired) electrons. The molecule has 0 saturated heterocycles. The molecule has 0 saturated carbocycles. The van der Waals surface area contributed by atoms with Gasteiger partial charge in [0, 0.05) is 16.7 Å². The number of nitrogens with one attached hydrogen (secondary N) is 2. The standard InChI is InChI=1S/C11H8BrClN2O3S/c12-7-1-3-10(9(13)5-7)15-19(17,18)8-2-4-11(16)14-6-8/h1-6,15H,(H,14,16). The molecule has 19 heavy (non-hydrogen) atoms. The average molecular weight is 364 g/mol. The molecule has 0 bridgehead atoms. The third kappa shape index (κ3) is 3.37. The summed E-state index contributed by atoms with van der Waals surface area (Å²) < 4.78 is 27.2. The molecule has 8 heteroatoms. The van der Waals surface area contributed by atoms with Crippen molar-refractivity contribution in [2.75, 3.05) is 4.72 Å². The highest BCUT2D eigenvalue weighted by Gasteiger charge is 2.15. The van der Waals surface area contributed by atoms with Crippen molar-refractivity contribution < 1.29 is 8.42 Å². The second-order valence-corrected chi connectivity index (χ2v) is 6.62. The van der Waals surface area contributed by atoms with Crippen molar-refractivity contribution in [3.8, 4) is 0 Å². The monoisotopic (exact) mass is 362 g/mol. The van der Waals surface area contributed by atoms with Crippen LogP contribution in [-0.4, -0.2) is 13.4 Å². The molecule has 0 unspecified atom stereocenters. The molecule has 2 rings (SSSR count). The molecule has 5 nitrogen and oxygen atoms in total. The number of anilines is 1. The van der Waals surface area contributed by atoms with E-state index in [0.717, 1.165) is 16.7 Å². The normalized spacial score (nSPS) is 11.3. The maximum atomic E-state index is 12.0. The maximum Gasteiger partial charge on any atom is 0.263 e. The number of rotatable bonds is 3. The van der Waals surface area contributed by atoms with Gasteiger partial charge in [0.25, 0.3) is 10.0 Å². The van der Waals surface area contributed by atoms with Gasteiger partial charge in [-0.15, -0.1) is 0 Å². The van der Waals surface area contributed by atoms with Crippen LogP contribution in [0.25, 0.3) is 0 Å². The van der Waals surface area contributed by atoms with Crippen molar-refractivity contribution >= 4 is 43.2 Å². The number of pyridine rings is 1. The smallest absolute Gasteiger partial charge is 0.263 e. The predicted molar refractivity (Wildman–Crippen MR) is 77.0 cm³/mol. The molecule has 0 amide bonds. The fraction of sp³-hybridized carbons (Fsp3) is 0. The number of hydrogen-bond donors (Lipinski definition) is 2. The Bertz CT molecular complexity index is 753. The summed E-state index contributed by atoms with van der Waals surface area (Å²) in [6, 6.07) is 7.13. The van der Waals surface area contributed by atoms with E-state index in [9.17, 15) is 13.2 Å². The first-order chi connectivity index (χ1) is 8.88. The van der Waals surface area contributed by atoms with E-state index in [1.165, 1.54) is 12.1 Å². The summed E-state index contributed by atoms with van der Waals surface area (Å²) in [4.78, 5) is 13.2. The zero-order valence-electron chi connectivity index (χ0n) is 9.35. The van der Waals surface area contributed by atoms with Crippen molar-refractivity contribution in [2.24, 2.45) is 0 Å². The molecule has 1 aromatic carbocycles. The SMILES string of the molecule is O=c1ccc(S(=O)(=O)Nc2ccc(Br)cc2Cl)c[nH]1. The van der Waals surface area contributed by atoms with Gasteiger partial charge >= 0.3 is 0 Å². The number of benzene rings is 1. The van der Waals surface area contributed by atoms with Crippen molar-refractivity contribution in [1.82, 2.24) is 4.98 Å². The Morgan fingerprint density at radius 2 is 1.95 bits per heavy atom. The van der Waals surface area contributed by atoms with Gasteiger partial charge in [0.2, 0.25) is 5.56 Å². The molecular weight excluding hydrogens is 356 g/mol. The van der Waals surface area contributed by atoms with Gasteiger partial charge in [0.15, 0.2) is 0 Å². The third-order valence-electron chi connectivity index (χ3n) is 2.24. The van der Waals surface area contributed by atoms with E-state index >= 15 is 0 Å². The molecule has 1 aromatic heterocycles. The van der Waals surface area contributed by atoms with E-state index in [2.05, 4.69) is 25.6 Å². The zero-order chi connectivity index (χ0) is 14.0. The lowest BCUT2D eigenvalue weighted by atomic mass is 10.3. The van der Waals surface area contributed by atoms with Crippen LogP contribution in [0.1, 0.15) is 0 Å². The summed E-state index contributed by atoms with van der Waals surface area (Å²) in [5, 5.41) is 0.266. The summed E-state index contributed by atoms with van der Waals surface area (Å²) in [5.74, 6) is 0. The number of sulfonamides is 1. The largest absolute Gasteiger partial charge is 0.328 e. The molecule has 0 fully saturated rings. The second-order valence-electron chi connectivity index (χ2n) is 3.62. The van der Waals surface area contributed by atoms with Crippen LogP contribution >= 0.6 is 27.5 Å². The Labute approximate surface area is 122 Å². The molecule has 0 atom stereocenters. The Kier molecular flexibility index (Phi) is 3.98. The fourth-order valence-corrected chi connectivity index (χ4v) is 3.16. The third-order valence-corrected chi connectivity index (χ3v) is 4.41. The van der Waals surface area contributed by atoms with Crippen molar-refractivity contribution in [1.29, 1.82) is 0 Å². The average Bonchev–Trinajstić information content (AvgIpc) is 2.33. The highest BCUT2D eigenvalue weighted by atomic mass is 79.9. The van der Waals surface area contributed by atoms with Crippen LogP contribution in [0.2, 0.25) is 5.02 Å². The first-order valence-corrected chi connectivity index (χ1v) is 7.70. The van der Waals surface area contributed by atoms with E-state index in [1.807, 2.05) is 0 Å². The second kappa shape index (κ2) is 5.36. The lowest BCUT2D eigenvalue weighted by molar-refractivity contribution is 0.600. The number of aromatic amines is 1. The molecule has 0 aliphatic heterocycles. The number of H-pyrrole nitrogens is 1. The van der Waals surface area contributed by atoms with Crippen molar-refractivity contribution in [3.63, 3.8) is 0 Å². The van der Waals surface area contributed by atoms with Crippen LogP contribution in [0, 0.1) is 0 Å². The lowest BCUT2D eigenvalue weighted by Gasteiger charge is -2.09. The van der Waals surface area contributed by atoms with Gasteiger partial charge in [-0.05, 0) is 24.3 Å². The van der Waals surface area contributed by atoms with Gasteiger partial charge in [0.1, 0.15) is 4.90 Å².